The van der Waals surface area contributed by atoms with E-state index in [1.54, 1.807) is 6.20 Å². The van der Waals surface area contributed by atoms with Gasteiger partial charge in [0.15, 0.2) is 18.3 Å². The highest BCUT2D eigenvalue weighted by molar-refractivity contribution is 5.60. The zero-order valence-electron chi connectivity index (χ0n) is 9.65. The number of alkyl halides is 1. The molecule has 0 saturated carbocycles. The molecule has 0 aromatic carbocycles. The number of aromatic amines is 1. The number of imidazole rings is 1. The summed E-state index contributed by atoms with van der Waals surface area (Å²) in [4.78, 5) is 11.6. The first-order valence-electron chi connectivity index (χ1n) is 5.27. The summed E-state index contributed by atoms with van der Waals surface area (Å²) in [6, 6.07) is -0.741. The number of aliphatic carboxylic acids is 1. The number of rotatable bonds is 1. The summed E-state index contributed by atoms with van der Waals surface area (Å²) >= 11 is 0. The second kappa shape index (κ2) is 5.89. The number of carbonyl (C=O) groups is 1. The zero-order chi connectivity index (χ0) is 13.9. The van der Waals surface area contributed by atoms with Gasteiger partial charge >= 0.3 is 0 Å². The molecule has 1 aromatic rings. The van der Waals surface area contributed by atoms with E-state index < -0.39 is 30.4 Å². The van der Waals surface area contributed by atoms with Crippen molar-refractivity contribution in [2.24, 2.45) is 0 Å². The molecule has 1 aromatic heterocycles. The monoisotopic (exact) mass is 262 g/mol. The van der Waals surface area contributed by atoms with Gasteiger partial charge in [-0.2, -0.15) is 0 Å². The van der Waals surface area contributed by atoms with Crippen LogP contribution in [0.15, 0.2) is 12.4 Å². The molecule has 0 saturated heterocycles. The molecule has 0 amide bonds. The van der Waals surface area contributed by atoms with Crippen LogP contribution in [0.1, 0.15) is 24.9 Å². The Balaban J connectivity index is 0.000000357. The first kappa shape index (κ1) is 14.6. The van der Waals surface area contributed by atoms with Crippen LogP contribution in [0.2, 0.25) is 0 Å². The van der Waals surface area contributed by atoms with Gasteiger partial charge in [-0.25, -0.2) is 13.9 Å². The van der Waals surface area contributed by atoms with Crippen molar-refractivity contribution in [3.05, 3.63) is 18.2 Å². The Morgan fingerprint density at radius 2 is 2.17 bits per heavy atom. The molecule has 0 radical (unpaired) electrons. The molecule has 1 aliphatic rings. The first-order chi connectivity index (χ1) is 8.40. The van der Waals surface area contributed by atoms with Crippen LogP contribution in [-0.4, -0.2) is 45.2 Å². The largest absolute Gasteiger partial charge is 0.550 e. The fraction of sp³-hybridized carbons (Fsp3) is 0.600. The molecule has 1 aliphatic heterocycles. The molecule has 102 valence electrons. The highest BCUT2D eigenvalue weighted by Gasteiger charge is 2.46. The van der Waals surface area contributed by atoms with Gasteiger partial charge in [0.25, 0.3) is 5.82 Å². The van der Waals surface area contributed by atoms with Crippen molar-refractivity contribution in [3.8, 4) is 0 Å². The van der Waals surface area contributed by atoms with E-state index in [1.165, 1.54) is 10.8 Å². The summed E-state index contributed by atoms with van der Waals surface area (Å²) < 4.78 is 14.8. The van der Waals surface area contributed by atoms with Gasteiger partial charge in [-0.15, -0.1) is 0 Å². The van der Waals surface area contributed by atoms with Crippen LogP contribution in [0.3, 0.4) is 0 Å². The average Bonchev–Trinajstić information content (AvgIpc) is 2.75. The topological polar surface area (TPSA) is 120 Å². The first-order valence-corrected chi connectivity index (χ1v) is 5.27. The number of hydrogen-bond donors (Lipinski definition) is 4. The normalized spacial score (nSPS) is 30.1. The number of carbonyl (C=O) groups excluding carboxylic acids is 1. The van der Waals surface area contributed by atoms with Crippen molar-refractivity contribution >= 4 is 5.97 Å². The van der Waals surface area contributed by atoms with Crippen molar-refractivity contribution < 1.29 is 34.2 Å². The quantitative estimate of drug-likeness (QED) is 0.412. The van der Waals surface area contributed by atoms with Crippen molar-refractivity contribution in [1.82, 2.24) is 4.98 Å². The van der Waals surface area contributed by atoms with Crippen LogP contribution >= 0.6 is 0 Å². The van der Waals surface area contributed by atoms with Crippen LogP contribution in [0.25, 0.3) is 0 Å². The van der Waals surface area contributed by atoms with Crippen molar-refractivity contribution in [3.63, 3.8) is 0 Å². The molecule has 0 bridgehead atoms. The van der Waals surface area contributed by atoms with Gasteiger partial charge in [-0.3, -0.25) is 0 Å². The Hall–Kier alpha value is -1.51. The van der Waals surface area contributed by atoms with Crippen LogP contribution in [0.4, 0.5) is 4.39 Å². The number of carboxylic acid groups (broad SMARTS) is 1. The molecule has 2 rings (SSSR count). The summed E-state index contributed by atoms with van der Waals surface area (Å²) in [5.74, 6) is -0.818. The van der Waals surface area contributed by atoms with Crippen molar-refractivity contribution in [2.75, 3.05) is 6.61 Å². The highest BCUT2D eigenvalue weighted by atomic mass is 19.1. The minimum atomic E-state index is -1.77. The maximum Gasteiger partial charge on any atom is 0.287 e. The predicted octanol–water partition coefficient (Wildman–Crippen LogP) is -2.66. The smallest absolute Gasteiger partial charge is 0.287 e. The Labute approximate surface area is 102 Å². The number of nitrogens with one attached hydrogen (secondary N) is 1. The van der Waals surface area contributed by atoms with E-state index in [4.69, 9.17) is 15.0 Å². The molecule has 0 spiro atoms. The summed E-state index contributed by atoms with van der Waals surface area (Å²) in [5.41, 5.74) is 0. The number of aromatic nitrogens is 2. The molecule has 0 unspecified atom stereocenters. The predicted molar refractivity (Wildman–Crippen MR) is 53.7 cm³/mol. The number of nitrogens with zero attached hydrogens (tertiary/aromatic N) is 1. The number of halogens is 1. The lowest BCUT2D eigenvalue weighted by molar-refractivity contribution is -0.749. The third-order valence-corrected chi connectivity index (χ3v) is 2.59. The second-order valence-corrected chi connectivity index (χ2v) is 3.87. The molecule has 4 atom stereocenters. The lowest BCUT2D eigenvalue weighted by atomic mass is 9.97. The molecular formula is C10H15FN2O5. The van der Waals surface area contributed by atoms with E-state index >= 15 is 0 Å². The third-order valence-electron chi connectivity index (χ3n) is 2.59. The van der Waals surface area contributed by atoms with Gasteiger partial charge in [0.2, 0.25) is 0 Å². The van der Waals surface area contributed by atoms with Crippen LogP contribution in [-0.2, 0) is 4.79 Å². The van der Waals surface area contributed by atoms with Crippen LogP contribution in [0.5, 0.6) is 0 Å². The summed E-state index contributed by atoms with van der Waals surface area (Å²) in [7, 11) is 0. The lowest BCUT2D eigenvalue weighted by Crippen LogP contribution is -2.58. The SMILES string of the molecule is CC(=O)[O-].OC[C@@H]1[C@@H](O)[C@H](F)[C@@H](O)c2[nH]cc[n+]21. The number of H-pyrrole nitrogens is 1. The van der Waals surface area contributed by atoms with Crippen LogP contribution < -0.4 is 9.67 Å². The summed E-state index contributed by atoms with van der Waals surface area (Å²) in [6.07, 6.45) is -1.46. The molecule has 2 heterocycles. The average molecular weight is 262 g/mol. The Morgan fingerprint density at radius 1 is 1.61 bits per heavy atom. The fourth-order valence-electron chi connectivity index (χ4n) is 1.80. The van der Waals surface area contributed by atoms with E-state index in [0.717, 1.165) is 6.92 Å². The van der Waals surface area contributed by atoms with Crippen molar-refractivity contribution in [1.29, 1.82) is 0 Å². The molecular weight excluding hydrogens is 247 g/mol. The third kappa shape index (κ3) is 2.84. The van der Waals surface area contributed by atoms with Gasteiger partial charge in [0.1, 0.15) is 18.5 Å². The molecule has 4 N–H and O–H groups in total. The minimum Gasteiger partial charge on any atom is -0.550 e. The fourth-order valence-corrected chi connectivity index (χ4v) is 1.80. The van der Waals surface area contributed by atoms with Gasteiger partial charge in [0.05, 0.1) is 6.61 Å². The van der Waals surface area contributed by atoms with E-state index in [0.29, 0.717) is 0 Å². The van der Waals surface area contributed by atoms with E-state index in [2.05, 4.69) is 4.98 Å². The van der Waals surface area contributed by atoms with E-state index in [1.807, 2.05) is 0 Å². The lowest BCUT2D eigenvalue weighted by Gasteiger charge is -2.29. The van der Waals surface area contributed by atoms with E-state index in [-0.39, 0.29) is 12.4 Å². The number of aliphatic hydroxyl groups excluding tert-OH is 3. The molecule has 18 heavy (non-hydrogen) atoms. The maximum atomic E-state index is 13.3. The Kier molecular flexibility index (Phi) is 4.76. The number of fused-ring (bicyclic) bond motifs is 1. The zero-order valence-corrected chi connectivity index (χ0v) is 9.65. The van der Waals surface area contributed by atoms with Gasteiger partial charge in [0, 0.05) is 5.97 Å². The number of aliphatic hydroxyl groups is 3. The van der Waals surface area contributed by atoms with Crippen LogP contribution in [0, 0.1) is 0 Å². The standard InChI is InChI=1S/C8H11FN2O3.C2H4O2/c9-5-6(13)4(3-12)11-2-1-10-8(11)7(5)14;1-2(3)4/h1-2,4-7,12-14H,3H2;1H3,(H,3,4)/t4-,5+,6-,7-;/m1./s1. The highest BCUT2D eigenvalue weighted by Crippen LogP contribution is 2.27. The second-order valence-electron chi connectivity index (χ2n) is 3.87. The van der Waals surface area contributed by atoms with Gasteiger partial charge < -0.3 is 25.2 Å². The summed E-state index contributed by atoms with van der Waals surface area (Å²) in [6.45, 7) is 0.601. The molecule has 0 aliphatic carbocycles. The molecule has 0 fully saturated rings. The minimum absolute atomic E-state index is 0.266. The Morgan fingerprint density at radius 3 is 2.67 bits per heavy atom. The number of carboxylic acids is 1. The Bertz CT molecular complexity index is 407. The maximum absolute atomic E-state index is 13.3. The van der Waals surface area contributed by atoms with Gasteiger partial charge in [-0.05, 0) is 6.92 Å². The molecule has 7 nitrogen and oxygen atoms in total. The van der Waals surface area contributed by atoms with E-state index in [9.17, 15) is 14.6 Å². The summed E-state index contributed by atoms with van der Waals surface area (Å²) in [5, 5.41) is 36.8. The van der Waals surface area contributed by atoms with Gasteiger partial charge in [-0.1, -0.05) is 0 Å². The van der Waals surface area contributed by atoms with Crippen molar-refractivity contribution in [2.45, 2.75) is 31.3 Å². The number of hydrogen-bond acceptors (Lipinski definition) is 5. The molecule has 8 heteroatoms.